The fourth-order valence-corrected chi connectivity index (χ4v) is 19.0. The number of para-hydroxylation sites is 9. The van der Waals surface area contributed by atoms with Crippen LogP contribution in [0.4, 0.5) is 85.3 Å². The molecule has 0 saturated heterocycles. The van der Waals surface area contributed by atoms with E-state index < -0.39 is 10.8 Å². The van der Waals surface area contributed by atoms with Gasteiger partial charge in [0.05, 0.1) is 0 Å². The van der Waals surface area contributed by atoms with E-state index in [0.29, 0.717) is 0 Å². The maximum atomic E-state index is 2.69. The van der Waals surface area contributed by atoms with Crippen molar-refractivity contribution < 1.29 is 0 Å². The van der Waals surface area contributed by atoms with Gasteiger partial charge in [0.15, 0.2) is 0 Å². The molecule has 462 valence electrons. The number of nitrogens with zero attached hydrogens (tertiary/aromatic N) is 5. The van der Waals surface area contributed by atoms with Crippen LogP contribution in [0, 0.1) is 0 Å². The van der Waals surface area contributed by atoms with E-state index in [1.165, 1.54) is 121 Å². The van der Waals surface area contributed by atoms with Crippen molar-refractivity contribution in [3.63, 3.8) is 0 Å². The molecule has 20 rings (SSSR count). The molecule has 0 amide bonds. The van der Waals surface area contributed by atoms with E-state index in [1.54, 1.807) is 0 Å². The maximum Gasteiger partial charge on any atom is 0.252 e. The average molecular weight is 1270 g/mol. The maximum absolute atomic E-state index is 2.69. The van der Waals surface area contributed by atoms with Crippen LogP contribution >= 0.6 is 11.8 Å². The number of rotatable bonds is 9. The summed E-state index contributed by atoms with van der Waals surface area (Å²) in [6.45, 7) is 9.71. The van der Waals surface area contributed by atoms with Crippen LogP contribution < -0.4 is 57.3 Å². The highest BCUT2D eigenvalue weighted by molar-refractivity contribution is 8.00. The summed E-state index contributed by atoms with van der Waals surface area (Å²) in [7, 11) is 0. The van der Waals surface area contributed by atoms with E-state index in [-0.39, 0.29) is 13.4 Å². The van der Waals surface area contributed by atoms with Crippen LogP contribution in [-0.4, -0.2) is 13.4 Å². The van der Waals surface area contributed by atoms with Gasteiger partial charge in [-0.3, -0.25) is 0 Å². The SMILES string of the molecule is CC1(C)c2cc(N(c3ccccc3)c3ccccc3)ccc2-c2cc3c4c(c21)N(c1ccccc1)c1ccccc1B4c1cc2c(cc1S3)N(c1ccccc1)c1cc3c(c4c1B2c1ccccc1N4c1ccccc1)C(C)(C)c1cc(N(c2ccccc2)c2ccccc2)ccc1-3. The standard InChI is InChI=1S/C90H65B2N5S/c1-89(2)71-52-65(93(58-30-12-5-13-31-58)59-32-14-6-15-33-59)48-50-67(71)69-54-80-85-87(83(69)89)96(63-40-22-10-23-41-63)77-46-28-26-44-73(77)91(85)75-56-76-81(57-79(75)95(80)62-38-20-9-21-39-62)98-82-55-70-68-51-49-66(94(60-34-16-7-17-35-60)61-36-18-8-19-37-61)53-72(68)90(3,4)84(70)88-86(82)92(76)74-45-27-29-47-78(74)97(88)64-42-24-11-25-43-64/h5-57H,1-4H3. The van der Waals surface area contributed by atoms with E-state index in [9.17, 15) is 0 Å². The Labute approximate surface area is 578 Å². The van der Waals surface area contributed by atoms with Crippen molar-refractivity contribution in [1.29, 1.82) is 0 Å². The summed E-state index contributed by atoms with van der Waals surface area (Å²) in [6, 6.07) is 120. The summed E-state index contributed by atoms with van der Waals surface area (Å²) in [5, 5.41) is 0. The summed E-state index contributed by atoms with van der Waals surface area (Å²) in [5.41, 5.74) is 35.2. The van der Waals surface area contributed by atoms with Gasteiger partial charge in [0.25, 0.3) is 6.71 Å². The molecule has 0 saturated carbocycles. The van der Waals surface area contributed by atoms with Crippen LogP contribution in [0.3, 0.4) is 0 Å². The van der Waals surface area contributed by atoms with Crippen LogP contribution in [0.15, 0.2) is 331 Å². The molecule has 0 atom stereocenters. The molecule has 0 radical (unpaired) electrons. The van der Waals surface area contributed by atoms with Crippen LogP contribution in [0.25, 0.3) is 22.3 Å². The van der Waals surface area contributed by atoms with Gasteiger partial charge in [0.1, 0.15) is 0 Å². The summed E-state index contributed by atoms with van der Waals surface area (Å²) in [4.78, 5) is 15.3. The minimum Gasteiger partial charge on any atom is -0.311 e. The number of hydrogen-bond acceptors (Lipinski definition) is 6. The minimum atomic E-state index is -0.437. The van der Waals surface area contributed by atoms with E-state index in [2.05, 4.69) is 374 Å². The monoisotopic (exact) mass is 1270 g/mol. The van der Waals surface area contributed by atoms with Crippen LogP contribution in [-0.2, 0) is 10.8 Å². The predicted octanol–water partition coefficient (Wildman–Crippen LogP) is 20.1. The molecule has 0 aromatic heterocycles. The molecule has 4 heterocycles. The zero-order chi connectivity index (χ0) is 65.1. The van der Waals surface area contributed by atoms with Crippen molar-refractivity contribution in [2.45, 2.75) is 48.3 Å². The molecule has 4 aliphatic heterocycles. The van der Waals surface area contributed by atoms with Gasteiger partial charge in [-0.2, -0.15) is 0 Å². The third-order valence-corrected chi connectivity index (χ3v) is 23.0. The number of fused-ring (bicyclic) bond motifs is 16. The lowest BCUT2D eigenvalue weighted by Crippen LogP contribution is -2.65. The topological polar surface area (TPSA) is 16.2 Å². The molecule has 0 spiro atoms. The van der Waals surface area contributed by atoms with Crippen molar-refractivity contribution in [3.05, 3.63) is 344 Å². The highest BCUT2D eigenvalue weighted by atomic mass is 32.2. The second-order valence-corrected chi connectivity index (χ2v) is 29.0. The lowest BCUT2D eigenvalue weighted by atomic mass is 9.30. The van der Waals surface area contributed by atoms with Gasteiger partial charge >= 0.3 is 0 Å². The molecule has 8 heteroatoms. The van der Waals surface area contributed by atoms with Crippen molar-refractivity contribution in [2.24, 2.45) is 0 Å². The Balaban J connectivity index is 0.832. The highest BCUT2D eigenvalue weighted by Crippen LogP contribution is 2.61. The lowest BCUT2D eigenvalue weighted by Gasteiger charge is -2.47. The molecule has 14 aromatic carbocycles. The number of anilines is 15. The van der Waals surface area contributed by atoms with E-state index in [4.69, 9.17) is 0 Å². The second kappa shape index (κ2) is 21.5. The Morgan fingerprint density at radius 2 is 0.653 bits per heavy atom. The molecule has 2 aliphatic carbocycles. The van der Waals surface area contributed by atoms with Gasteiger partial charge in [0, 0.05) is 106 Å². The van der Waals surface area contributed by atoms with Crippen molar-refractivity contribution in [3.8, 4) is 22.3 Å². The van der Waals surface area contributed by atoms with Gasteiger partial charge in [0.2, 0.25) is 6.71 Å². The van der Waals surface area contributed by atoms with Crippen molar-refractivity contribution in [1.82, 2.24) is 0 Å². The zero-order valence-electron chi connectivity index (χ0n) is 54.9. The Bertz CT molecular complexity index is 5500. The summed E-state index contributed by atoms with van der Waals surface area (Å²) in [6.07, 6.45) is 0. The Kier molecular flexibility index (Phi) is 12.5. The van der Waals surface area contributed by atoms with Crippen molar-refractivity contribution in [2.75, 3.05) is 24.5 Å². The molecule has 0 fully saturated rings. The van der Waals surface area contributed by atoms with Gasteiger partial charge in [-0.1, -0.05) is 227 Å². The fraction of sp³-hybridized carbons (Fsp3) is 0.0667. The molecule has 0 N–H and O–H groups in total. The number of hydrogen-bond donors (Lipinski definition) is 0. The minimum absolute atomic E-state index is 0.0792. The first-order valence-electron chi connectivity index (χ1n) is 34.3. The highest BCUT2D eigenvalue weighted by Gasteiger charge is 2.53. The van der Waals surface area contributed by atoms with Gasteiger partial charge in [-0.25, -0.2) is 0 Å². The molecular formula is C90H65B2N5S. The molecule has 6 aliphatic rings. The number of benzene rings is 14. The van der Waals surface area contributed by atoms with Crippen LogP contribution in [0.5, 0.6) is 0 Å². The first-order chi connectivity index (χ1) is 48.2. The molecule has 0 unspecified atom stereocenters. The third kappa shape index (κ3) is 8.19. The van der Waals surface area contributed by atoms with E-state index >= 15 is 0 Å². The van der Waals surface area contributed by atoms with E-state index in [0.717, 1.165) is 51.2 Å². The quantitative estimate of drug-likeness (QED) is 0.133. The smallest absolute Gasteiger partial charge is 0.252 e. The second-order valence-electron chi connectivity index (χ2n) is 27.9. The summed E-state index contributed by atoms with van der Waals surface area (Å²) in [5.74, 6) is 0. The Morgan fingerprint density at radius 1 is 0.276 bits per heavy atom. The normalized spacial score (nSPS) is 14.6. The van der Waals surface area contributed by atoms with E-state index in [1.807, 2.05) is 11.8 Å². The molecule has 98 heavy (non-hydrogen) atoms. The third-order valence-electron chi connectivity index (χ3n) is 21.9. The lowest BCUT2D eigenvalue weighted by molar-refractivity contribution is 0.661. The van der Waals surface area contributed by atoms with Gasteiger partial charge in [-0.05, 0) is 211 Å². The predicted molar refractivity (Wildman–Crippen MR) is 415 cm³/mol. The first kappa shape index (κ1) is 56.9. The Morgan fingerprint density at radius 3 is 1.10 bits per heavy atom. The largest absolute Gasteiger partial charge is 0.311 e. The van der Waals surface area contributed by atoms with Crippen molar-refractivity contribution >= 4 is 143 Å². The molecular weight excluding hydrogens is 1200 g/mol. The summed E-state index contributed by atoms with van der Waals surface area (Å²) < 4.78 is 0. The molecule has 14 aromatic rings. The van der Waals surface area contributed by atoms with Gasteiger partial charge < -0.3 is 24.5 Å². The summed E-state index contributed by atoms with van der Waals surface area (Å²) >= 11 is 1.96. The van der Waals surface area contributed by atoms with Crippen LogP contribution in [0.1, 0.15) is 49.9 Å². The van der Waals surface area contributed by atoms with Crippen LogP contribution in [0.2, 0.25) is 0 Å². The Hall–Kier alpha value is -11.4. The van der Waals surface area contributed by atoms with Gasteiger partial charge in [-0.15, -0.1) is 0 Å². The average Bonchev–Trinajstić information content (AvgIpc) is 1.31. The molecule has 0 bridgehead atoms. The zero-order valence-corrected chi connectivity index (χ0v) is 55.7. The molecule has 5 nitrogen and oxygen atoms in total. The first-order valence-corrected chi connectivity index (χ1v) is 35.1. The fourth-order valence-electron chi connectivity index (χ4n) is 17.8.